The van der Waals surface area contributed by atoms with E-state index in [2.05, 4.69) is 53.5 Å². The van der Waals surface area contributed by atoms with E-state index in [-0.39, 0.29) is 18.0 Å². The molecule has 1 aliphatic carbocycles. The molecule has 5 rings (SSSR count). The molecule has 0 N–H and O–H groups in total. The van der Waals surface area contributed by atoms with E-state index in [0.29, 0.717) is 25.2 Å². The molecule has 0 spiro atoms. The van der Waals surface area contributed by atoms with E-state index >= 15 is 0 Å². The van der Waals surface area contributed by atoms with Crippen LogP contribution in [0.3, 0.4) is 0 Å². The Morgan fingerprint density at radius 3 is 1.85 bits per heavy atom. The van der Waals surface area contributed by atoms with Crippen LogP contribution in [0.2, 0.25) is 0 Å². The molecule has 0 unspecified atom stereocenters. The maximum Gasteiger partial charge on any atom is 0.410 e. The zero-order valence-electron chi connectivity index (χ0n) is 28.5. The highest BCUT2D eigenvalue weighted by Gasteiger charge is 2.29. The Bertz CT molecular complexity index is 1590. The predicted octanol–water partition coefficient (Wildman–Crippen LogP) is 8.73. The summed E-state index contributed by atoms with van der Waals surface area (Å²) in [7, 11) is 3.98. The molecule has 246 valence electrons. The Morgan fingerprint density at radius 2 is 1.32 bits per heavy atom. The largest absolute Gasteiger partial charge is 0.444 e. The van der Waals surface area contributed by atoms with Crippen LogP contribution in [-0.4, -0.2) is 52.5 Å². The number of rotatable bonds is 10. The standard InChI is InChI=1S/C40H48N4O3/c1-40(2,3)47-39(46)44(37-11-7-6-8-12-37)29-31-15-19-34(20-16-31)33-17-13-30(14-18-33)27-43(28-32-10-9-25-41-26-32)38(45)35-21-23-36(24-22-35)42(4)5/h9-10,13-26,37H,6-8,11-12,27-29H2,1-5H3. The van der Waals surface area contributed by atoms with E-state index in [0.717, 1.165) is 59.2 Å². The average Bonchev–Trinajstić information content (AvgIpc) is 3.07. The zero-order valence-corrected chi connectivity index (χ0v) is 28.5. The van der Waals surface area contributed by atoms with Crippen molar-refractivity contribution in [2.45, 2.75) is 84.2 Å². The number of hydrogen-bond acceptors (Lipinski definition) is 5. The van der Waals surface area contributed by atoms with Crippen molar-refractivity contribution in [3.8, 4) is 11.1 Å². The van der Waals surface area contributed by atoms with Gasteiger partial charge in [0, 0.05) is 63.4 Å². The topological polar surface area (TPSA) is 66.0 Å². The molecule has 0 saturated heterocycles. The lowest BCUT2D eigenvalue weighted by Crippen LogP contribution is -2.43. The Morgan fingerprint density at radius 1 is 0.745 bits per heavy atom. The maximum absolute atomic E-state index is 13.7. The lowest BCUT2D eigenvalue weighted by Gasteiger charge is -2.35. The summed E-state index contributed by atoms with van der Waals surface area (Å²) in [6, 6.07) is 28.7. The van der Waals surface area contributed by atoms with Crippen molar-refractivity contribution in [2.75, 3.05) is 19.0 Å². The molecule has 47 heavy (non-hydrogen) atoms. The van der Waals surface area contributed by atoms with Gasteiger partial charge in [-0.2, -0.15) is 0 Å². The van der Waals surface area contributed by atoms with Crippen molar-refractivity contribution in [3.05, 3.63) is 120 Å². The molecular weight excluding hydrogens is 584 g/mol. The van der Waals surface area contributed by atoms with E-state index in [9.17, 15) is 9.59 Å². The summed E-state index contributed by atoms with van der Waals surface area (Å²) in [6.07, 6.45) is 8.91. The first kappa shape index (κ1) is 33.7. The average molecular weight is 633 g/mol. The summed E-state index contributed by atoms with van der Waals surface area (Å²) in [6.45, 7) is 7.24. The molecule has 0 atom stereocenters. The number of carbonyl (C=O) groups excluding carboxylic acids is 2. The SMILES string of the molecule is CN(C)c1ccc(C(=O)N(Cc2ccc(-c3ccc(CN(C(=O)OC(C)(C)C)C4CCCCC4)cc3)cc2)Cc2cccnc2)cc1. The monoisotopic (exact) mass is 632 g/mol. The highest BCUT2D eigenvalue weighted by molar-refractivity contribution is 5.94. The highest BCUT2D eigenvalue weighted by Crippen LogP contribution is 2.28. The predicted molar refractivity (Wildman–Crippen MR) is 189 cm³/mol. The van der Waals surface area contributed by atoms with Gasteiger partial charge in [-0.3, -0.25) is 9.78 Å². The van der Waals surface area contributed by atoms with Crippen LogP contribution >= 0.6 is 0 Å². The molecule has 0 bridgehead atoms. The van der Waals surface area contributed by atoms with E-state index < -0.39 is 5.60 Å². The second kappa shape index (κ2) is 15.3. The van der Waals surface area contributed by atoms with Gasteiger partial charge in [0.25, 0.3) is 5.91 Å². The molecule has 3 aromatic carbocycles. The van der Waals surface area contributed by atoms with Gasteiger partial charge in [0.2, 0.25) is 0 Å². The maximum atomic E-state index is 13.7. The van der Waals surface area contributed by atoms with Gasteiger partial charge < -0.3 is 19.4 Å². The first-order valence-corrected chi connectivity index (χ1v) is 16.7. The van der Waals surface area contributed by atoms with Crippen LogP contribution in [0.5, 0.6) is 0 Å². The fraction of sp³-hybridized carbons (Fsp3) is 0.375. The van der Waals surface area contributed by atoms with E-state index in [1.807, 2.05) is 92.2 Å². The number of amides is 2. The van der Waals surface area contributed by atoms with Gasteiger partial charge in [0.05, 0.1) is 0 Å². The van der Waals surface area contributed by atoms with Crippen molar-refractivity contribution in [1.82, 2.24) is 14.8 Å². The molecule has 1 saturated carbocycles. The summed E-state index contributed by atoms with van der Waals surface area (Å²) in [5, 5.41) is 0. The summed E-state index contributed by atoms with van der Waals surface area (Å²) >= 11 is 0. The van der Waals surface area contributed by atoms with Crippen LogP contribution in [0.15, 0.2) is 97.3 Å². The fourth-order valence-corrected chi connectivity index (χ4v) is 6.07. The lowest BCUT2D eigenvalue weighted by atomic mass is 9.94. The molecule has 1 heterocycles. The molecule has 7 nitrogen and oxygen atoms in total. The first-order chi connectivity index (χ1) is 22.6. The number of ether oxygens (including phenoxy) is 1. The molecule has 2 amide bonds. The summed E-state index contributed by atoms with van der Waals surface area (Å²) in [5.41, 5.74) is 6.50. The number of anilines is 1. The minimum absolute atomic E-state index is 0.0209. The second-order valence-corrected chi connectivity index (χ2v) is 13.8. The van der Waals surface area contributed by atoms with E-state index in [1.165, 1.54) is 6.42 Å². The van der Waals surface area contributed by atoms with Gasteiger partial charge in [-0.05, 0) is 91.8 Å². The third-order valence-electron chi connectivity index (χ3n) is 8.63. The van der Waals surface area contributed by atoms with Crippen LogP contribution in [0, 0.1) is 0 Å². The van der Waals surface area contributed by atoms with Crippen molar-refractivity contribution in [3.63, 3.8) is 0 Å². The molecule has 1 fully saturated rings. The number of aromatic nitrogens is 1. The minimum Gasteiger partial charge on any atom is -0.444 e. The molecule has 0 radical (unpaired) electrons. The first-order valence-electron chi connectivity index (χ1n) is 16.7. The number of carbonyl (C=O) groups is 2. The smallest absolute Gasteiger partial charge is 0.410 e. The van der Waals surface area contributed by atoms with Gasteiger partial charge in [0.15, 0.2) is 0 Å². The molecule has 1 aromatic heterocycles. The highest BCUT2D eigenvalue weighted by atomic mass is 16.6. The van der Waals surface area contributed by atoms with E-state index in [4.69, 9.17) is 4.74 Å². The van der Waals surface area contributed by atoms with Gasteiger partial charge in [0.1, 0.15) is 5.60 Å². The van der Waals surface area contributed by atoms with Crippen molar-refractivity contribution in [1.29, 1.82) is 0 Å². The van der Waals surface area contributed by atoms with Gasteiger partial charge >= 0.3 is 6.09 Å². The number of benzene rings is 3. The molecule has 4 aromatic rings. The Balaban J connectivity index is 1.29. The number of pyridine rings is 1. The zero-order chi connectivity index (χ0) is 33.4. The van der Waals surface area contributed by atoms with Crippen molar-refractivity contribution in [2.24, 2.45) is 0 Å². The third-order valence-corrected chi connectivity index (χ3v) is 8.63. The van der Waals surface area contributed by atoms with Crippen molar-refractivity contribution >= 4 is 17.7 Å². The number of hydrogen-bond donors (Lipinski definition) is 0. The van der Waals surface area contributed by atoms with Crippen LogP contribution in [-0.2, 0) is 24.4 Å². The Kier molecular flexibility index (Phi) is 11.0. The number of nitrogens with zero attached hydrogens (tertiary/aromatic N) is 4. The normalized spacial score (nSPS) is 13.6. The second-order valence-electron chi connectivity index (χ2n) is 13.8. The van der Waals surface area contributed by atoms with E-state index in [1.54, 1.807) is 6.20 Å². The summed E-state index contributed by atoms with van der Waals surface area (Å²) < 4.78 is 5.80. The van der Waals surface area contributed by atoms with Crippen LogP contribution in [0.25, 0.3) is 11.1 Å². The van der Waals surface area contributed by atoms with Crippen LogP contribution in [0.1, 0.15) is 79.9 Å². The quantitative estimate of drug-likeness (QED) is 0.175. The molecule has 1 aliphatic rings. The fourth-order valence-electron chi connectivity index (χ4n) is 6.07. The summed E-state index contributed by atoms with van der Waals surface area (Å²) in [5.74, 6) is -0.0209. The Hall–Kier alpha value is -4.65. The van der Waals surface area contributed by atoms with Gasteiger partial charge in [-0.15, -0.1) is 0 Å². The van der Waals surface area contributed by atoms with Crippen LogP contribution < -0.4 is 4.90 Å². The minimum atomic E-state index is -0.527. The van der Waals surface area contributed by atoms with Gasteiger partial charge in [-0.1, -0.05) is 73.9 Å². The lowest BCUT2D eigenvalue weighted by molar-refractivity contribution is 0.00987. The molecule has 7 heteroatoms. The third kappa shape index (κ3) is 9.44. The molecular formula is C40H48N4O3. The Labute approximate surface area is 280 Å². The molecule has 0 aliphatic heterocycles. The van der Waals surface area contributed by atoms with Crippen LogP contribution in [0.4, 0.5) is 10.5 Å². The van der Waals surface area contributed by atoms with Crippen molar-refractivity contribution < 1.29 is 14.3 Å². The summed E-state index contributed by atoms with van der Waals surface area (Å²) in [4.78, 5) is 37.0. The van der Waals surface area contributed by atoms with Gasteiger partial charge in [-0.25, -0.2) is 4.79 Å².